The van der Waals surface area contributed by atoms with Crippen LogP contribution >= 0.6 is 0 Å². The van der Waals surface area contributed by atoms with Crippen LogP contribution in [0.1, 0.15) is 36.7 Å². The Kier molecular flexibility index (Phi) is 8.44. The van der Waals surface area contributed by atoms with Crippen LogP contribution in [0.5, 0.6) is 0 Å². The molecule has 0 radical (unpaired) electrons. The van der Waals surface area contributed by atoms with E-state index in [0.29, 0.717) is 0 Å². The van der Waals surface area contributed by atoms with E-state index in [9.17, 15) is 9.59 Å². The molecule has 5 nitrogen and oxygen atoms in total. The molecule has 0 aliphatic rings. The first kappa shape index (κ1) is 23.1. The molecule has 0 fully saturated rings. The van der Waals surface area contributed by atoms with Crippen molar-refractivity contribution in [1.29, 1.82) is 0 Å². The number of carbonyl (C=O) groups excluding carboxylic acids is 2. The predicted octanol–water partition coefficient (Wildman–Crippen LogP) is 4.25. The highest BCUT2D eigenvalue weighted by Crippen LogP contribution is 2.19. The van der Waals surface area contributed by atoms with Crippen molar-refractivity contribution in [3.63, 3.8) is 0 Å². The van der Waals surface area contributed by atoms with E-state index < -0.39 is 6.17 Å². The predicted molar refractivity (Wildman–Crippen MR) is 129 cm³/mol. The third-order valence-corrected chi connectivity index (χ3v) is 5.38. The largest absolute Gasteiger partial charge is 0.372 e. The summed E-state index contributed by atoms with van der Waals surface area (Å²) in [7, 11) is 0. The van der Waals surface area contributed by atoms with Crippen LogP contribution in [0.25, 0.3) is 0 Å². The van der Waals surface area contributed by atoms with E-state index in [2.05, 4.69) is 29.4 Å². The van der Waals surface area contributed by atoms with Gasteiger partial charge in [-0.15, -0.1) is 0 Å². The summed E-state index contributed by atoms with van der Waals surface area (Å²) in [6.45, 7) is 6.07. The van der Waals surface area contributed by atoms with Crippen LogP contribution in [-0.4, -0.2) is 24.9 Å². The number of hydrogen-bond acceptors (Lipinski definition) is 3. The molecule has 3 rings (SSSR count). The fourth-order valence-corrected chi connectivity index (χ4v) is 3.66. The highest BCUT2D eigenvalue weighted by atomic mass is 16.2. The first-order valence-electron chi connectivity index (χ1n) is 11.1. The van der Waals surface area contributed by atoms with Crippen molar-refractivity contribution in [3.05, 3.63) is 102 Å². The van der Waals surface area contributed by atoms with E-state index in [1.54, 1.807) is 0 Å². The molecule has 166 valence electrons. The number of benzene rings is 3. The van der Waals surface area contributed by atoms with Crippen LogP contribution in [0.4, 0.5) is 5.69 Å². The molecule has 0 aliphatic carbocycles. The van der Waals surface area contributed by atoms with Gasteiger partial charge >= 0.3 is 0 Å². The van der Waals surface area contributed by atoms with E-state index >= 15 is 0 Å². The first-order chi connectivity index (χ1) is 15.6. The fraction of sp³-hybridized carbons (Fsp3) is 0.259. The lowest BCUT2D eigenvalue weighted by Crippen LogP contribution is -2.42. The molecule has 3 aromatic carbocycles. The molecule has 0 aromatic heterocycles. The number of nitrogens with zero attached hydrogens (tertiary/aromatic N) is 1. The Balaban J connectivity index is 1.75. The molecule has 0 bridgehead atoms. The number of anilines is 1. The lowest BCUT2D eigenvalue weighted by Gasteiger charge is -2.24. The van der Waals surface area contributed by atoms with Crippen LogP contribution in [0.15, 0.2) is 84.9 Å². The normalized spacial score (nSPS) is 10.6. The molecule has 2 N–H and O–H groups in total. The van der Waals surface area contributed by atoms with E-state index in [4.69, 9.17) is 0 Å². The van der Waals surface area contributed by atoms with Crippen LogP contribution in [0, 0.1) is 0 Å². The molecule has 5 heteroatoms. The quantitative estimate of drug-likeness (QED) is 0.474. The maximum Gasteiger partial charge on any atom is 0.226 e. The molecule has 0 atom stereocenters. The standard InChI is InChI=1S/C27H31N3O2/c1-3-30(4-2)24-17-15-23(16-18-24)27(28-25(31)19-21-11-7-5-8-12-21)29-26(32)20-22-13-9-6-10-14-22/h5-18,27H,3-4,19-20H2,1-2H3,(H,28,31)(H,29,32). The number of rotatable bonds is 10. The van der Waals surface area contributed by atoms with E-state index in [1.807, 2.05) is 84.9 Å². The third kappa shape index (κ3) is 6.71. The summed E-state index contributed by atoms with van der Waals surface area (Å²) >= 11 is 0. The Hall–Kier alpha value is -3.60. The smallest absolute Gasteiger partial charge is 0.226 e. The van der Waals surface area contributed by atoms with E-state index in [1.165, 1.54) is 0 Å². The minimum atomic E-state index is -0.604. The molecule has 0 saturated carbocycles. The summed E-state index contributed by atoms with van der Waals surface area (Å²) in [6.07, 6.45) is -0.0967. The van der Waals surface area contributed by atoms with Gasteiger partial charge in [-0.2, -0.15) is 0 Å². The summed E-state index contributed by atoms with van der Waals surface area (Å²) in [5.41, 5.74) is 3.81. The Labute approximate surface area is 190 Å². The SMILES string of the molecule is CCN(CC)c1ccc(C(NC(=O)Cc2ccccc2)NC(=O)Cc2ccccc2)cc1. The number of hydrogen-bond donors (Lipinski definition) is 2. The van der Waals surface area contributed by atoms with Crippen molar-refractivity contribution in [1.82, 2.24) is 10.6 Å². The zero-order chi connectivity index (χ0) is 22.8. The lowest BCUT2D eigenvalue weighted by molar-refractivity contribution is -0.123. The molecule has 2 amide bonds. The molecule has 0 saturated heterocycles. The number of amides is 2. The highest BCUT2D eigenvalue weighted by Gasteiger charge is 2.18. The Morgan fingerprint density at radius 3 is 1.53 bits per heavy atom. The fourth-order valence-electron chi connectivity index (χ4n) is 3.66. The van der Waals surface area contributed by atoms with Gasteiger partial charge in [0, 0.05) is 18.8 Å². The second kappa shape index (κ2) is 11.7. The Morgan fingerprint density at radius 1 is 0.688 bits per heavy atom. The van der Waals surface area contributed by atoms with Crippen molar-refractivity contribution in [2.45, 2.75) is 32.9 Å². The molecule has 0 spiro atoms. The van der Waals surface area contributed by atoms with Gasteiger partial charge in [0.2, 0.25) is 11.8 Å². The maximum absolute atomic E-state index is 12.7. The minimum absolute atomic E-state index is 0.144. The van der Waals surface area contributed by atoms with Crippen molar-refractivity contribution in [2.75, 3.05) is 18.0 Å². The molecule has 0 unspecified atom stereocenters. The second-order valence-electron chi connectivity index (χ2n) is 7.66. The van der Waals surface area contributed by atoms with Gasteiger partial charge in [0.1, 0.15) is 6.17 Å². The average molecular weight is 430 g/mol. The summed E-state index contributed by atoms with van der Waals surface area (Å²) in [6, 6.07) is 27.1. The molecule has 32 heavy (non-hydrogen) atoms. The van der Waals surface area contributed by atoms with Gasteiger partial charge in [-0.25, -0.2) is 0 Å². The van der Waals surface area contributed by atoms with Gasteiger partial charge in [0.25, 0.3) is 0 Å². The van der Waals surface area contributed by atoms with Crippen molar-refractivity contribution in [3.8, 4) is 0 Å². The van der Waals surface area contributed by atoms with Crippen LogP contribution < -0.4 is 15.5 Å². The van der Waals surface area contributed by atoms with Crippen LogP contribution in [-0.2, 0) is 22.4 Å². The Morgan fingerprint density at radius 2 is 1.12 bits per heavy atom. The molecule has 0 heterocycles. The lowest BCUT2D eigenvalue weighted by atomic mass is 10.1. The molecular formula is C27H31N3O2. The number of nitrogens with one attached hydrogen (secondary N) is 2. The van der Waals surface area contributed by atoms with Gasteiger partial charge in [-0.05, 0) is 42.7 Å². The number of carbonyl (C=O) groups is 2. The van der Waals surface area contributed by atoms with E-state index in [-0.39, 0.29) is 24.7 Å². The Bertz CT molecular complexity index is 929. The van der Waals surface area contributed by atoms with Crippen molar-refractivity contribution in [2.24, 2.45) is 0 Å². The molecule has 3 aromatic rings. The van der Waals surface area contributed by atoms with Crippen molar-refractivity contribution >= 4 is 17.5 Å². The van der Waals surface area contributed by atoms with Crippen LogP contribution in [0.2, 0.25) is 0 Å². The van der Waals surface area contributed by atoms with E-state index in [0.717, 1.165) is 35.5 Å². The third-order valence-electron chi connectivity index (χ3n) is 5.38. The summed E-state index contributed by atoms with van der Waals surface area (Å²) < 4.78 is 0. The monoisotopic (exact) mass is 429 g/mol. The topological polar surface area (TPSA) is 61.4 Å². The summed E-state index contributed by atoms with van der Waals surface area (Å²) in [5.74, 6) is -0.289. The van der Waals surface area contributed by atoms with Crippen LogP contribution in [0.3, 0.4) is 0 Å². The first-order valence-corrected chi connectivity index (χ1v) is 11.1. The minimum Gasteiger partial charge on any atom is -0.372 e. The highest BCUT2D eigenvalue weighted by molar-refractivity contribution is 5.82. The molecular weight excluding hydrogens is 398 g/mol. The average Bonchev–Trinajstić information content (AvgIpc) is 2.81. The maximum atomic E-state index is 12.7. The van der Waals surface area contributed by atoms with Gasteiger partial charge in [-0.1, -0.05) is 72.8 Å². The van der Waals surface area contributed by atoms with Gasteiger partial charge in [-0.3, -0.25) is 9.59 Å². The van der Waals surface area contributed by atoms with Gasteiger partial charge in [0.15, 0.2) is 0 Å². The second-order valence-corrected chi connectivity index (χ2v) is 7.66. The zero-order valence-corrected chi connectivity index (χ0v) is 18.8. The molecule has 0 aliphatic heterocycles. The summed E-state index contributed by atoms with van der Waals surface area (Å²) in [4.78, 5) is 27.7. The zero-order valence-electron chi connectivity index (χ0n) is 18.8. The van der Waals surface area contributed by atoms with Gasteiger partial charge < -0.3 is 15.5 Å². The van der Waals surface area contributed by atoms with Gasteiger partial charge in [0.05, 0.1) is 12.8 Å². The van der Waals surface area contributed by atoms with Crippen molar-refractivity contribution < 1.29 is 9.59 Å². The summed E-state index contributed by atoms with van der Waals surface area (Å²) in [5, 5.41) is 5.98.